The fourth-order valence-corrected chi connectivity index (χ4v) is 1.48. The largest absolute Gasteiger partial charge is 0.460 e. The SMILES string of the molecule is C=CC(Br)c1cc2ccccc2o1. The first kappa shape index (κ1) is 8.57. The van der Waals surface area contributed by atoms with Crippen LogP contribution in [-0.2, 0) is 0 Å². The van der Waals surface area contributed by atoms with Crippen molar-refractivity contribution in [3.8, 4) is 0 Å². The molecule has 13 heavy (non-hydrogen) atoms. The van der Waals surface area contributed by atoms with E-state index in [-0.39, 0.29) is 4.83 Å². The van der Waals surface area contributed by atoms with Gasteiger partial charge in [0.15, 0.2) is 0 Å². The molecule has 1 aromatic carbocycles. The summed E-state index contributed by atoms with van der Waals surface area (Å²) in [5, 5.41) is 1.13. The molecule has 0 aliphatic rings. The van der Waals surface area contributed by atoms with Crippen LogP contribution in [0.15, 0.2) is 47.4 Å². The summed E-state index contributed by atoms with van der Waals surface area (Å²) in [5.74, 6) is 0.899. The molecule has 0 amide bonds. The van der Waals surface area contributed by atoms with Crippen LogP contribution >= 0.6 is 15.9 Å². The van der Waals surface area contributed by atoms with Crippen molar-refractivity contribution in [2.75, 3.05) is 0 Å². The van der Waals surface area contributed by atoms with Gasteiger partial charge in [-0.1, -0.05) is 40.2 Å². The van der Waals surface area contributed by atoms with Gasteiger partial charge < -0.3 is 4.42 Å². The van der Waals surface area contributed by atoms with Crippen molar-refractivity contribution < 1.29 is 4.42 Å². The van der Waals surface area contributed by atoms with Crippen LogP contribution < -0.4 is 0 Å². The van der Waals surface area contributed by atoms with Crippen molar-refractivity contribution >= 4 is 26.9 Å². The minimum Gasteiger partial charge on any atom is -0.460 e. The molecule has 1 nitrogen and oxygen atoms in total. The van der Waals surface area contributed by atoms with Crippen molar-refractivity contribution in [1.82, 2.24) is 0 Å². The molecule has 0 bridgehead atoms. The van der Waals surface area contributed by atoms with Crippen LogP contribution in [0.3, 0.4) is 0 Å². The smallest absolute Gasteiger partial charge is 0.134 e. The summed E-state index contributed by atoms with van der Waals surface area (Å²) in [6.07, 6.45) is 1.80. The molecule has 2 rings (SSSR count). The highest BCUT2D eigenvalue weighted by atomic mass is 79.9. The van der Waals surface area contributed by atoms with Crippen LogP contribution in [0.5, 0.6) is 0 Å². The Balaban J connectivity index is 2.55. The molecule has 0 N–H and O–H groups in total. The third-order valence-corrected chi connectivity index (χ3v) is 2.75. The van der Waals surface area contributed by atoms with Crippen LogP contribution in [0, 0.1) is 0 Å². The second kappa shape index (κ2) is 3.38. The Morgan fingerprint density at radius 2 is 2.15 bits per heavy atom. The van der Waals surface area contributed by atoms with Crippen LogP contribution in [0.4, 0.5) is 0 Å². The Morgan fingerprint density at radius 3 is 2.85 bits per heavy atom. The van der Waals surface area contributed by atoms with E-state index >= 15 is 0 Å². The number of rotatable bonds is 2. The first-order valence-electron chi connectivity index (χ1n) is 4.06. The van der Waals surface area contributed by atoms with E-state index in [2.05, 4.69) is 22.5 Å². The number of hydrogen-bond donors (Lipinski definition) is 0. The maximum absolute atomic E-state index is 5.60. The summed E-state index contributed by atoms with van der Waals surface area (Å²) >= 11 is 3.45. The van der Waals surface area contributed by atoms with Crippen LogP contribution in [0.25, 0.3) is 11.0 Å². The number of fused-ring (bicyclic) bond motifs is 1. The predicted molar refractivity (Wildman–Crippen MR) is 58.1 cm³/mol. The lowest BCUT2D eigenvalue weighted by Gasteiger charge is -1.95. The fraction of sp³-hybridized carbons (Fsp3) is 0.0909. The van der Waals surface area contributed by atoms with Crippen molar-refractivity contribution in [2.24, 2.45) is 0 Å². The third-order valence-electron chi connectivity index (χ3n) is 1.92. The Labute approximate surface area is 85.2 Å². The van der Waals surface area contributed by atoms with E-state index < -0.39 is 0 Å². The van der Waals surface area contributed by atoms with E-state index in [1.807, 2.05) is 30.3 Å². The van der Waals surface area contributed by atoms with Crippen molar-refractivity contribution in [3.63, 3.8) is 0 Å². The lowest BCUT2D eigenvalue weighted by molar-refractivity contribution is 0.564. The van der Waals surface area contributed by atoms with Gasteiger partial charge in [-0.05, 0) is 12.1 Å². The normalized spacial score (nSPS) is 13.0. The minimum absolute atomic E-state index is 0.0971. The molecule has 0 aliphatic carbocycles. The second-order valence-electron chi connectivity index (χ2n) is 2.82. The zero-order valence-corrected chi connectivity index (χ0v) is 8.62. The van der Waals surface area contributed by atoms with Crippen LogP contribution in [-0.4, -0.2) is 0 Å². The van der Waals surface area contributed by atoms with E-state index in [9.17, 15) is 0 Å². The molecule has 1 heterocycles. The summed E-state index contributed by atoms with van der Waals surface area (Å²) in [5.41, 5.74) is 0.920. The zero-order chi connectivity index (χ0) is 9.26. The van der Waals surface area contributed by atoms with Crippen LogP contribution in [0.2, 0.25) is 0 Å². The molecule has 0 saturated carbocycles. The highest BCUT2D eigenvalue weighted by Gasteiger charge is 2.08. The molecule has 66 valence electrons. The first-order chi connectivity index (χ1) is 6.31. The quantitative estimate of drug-likeness (QED) is 0.567. The number of para-hydroxylation sites is 1. The molecule has 2 heteroatoms. The number of allylic oxidation sites excluding steroid dienone is 1. The summed E-state index contributed by atoms with van der Waals surface area (Å²) < 4.78 is 5.60. The van der Waals surface area contributed by atoms with Gasteiger partial charge in [0.05, 0.1) is 4.83 Å². The average molecular weight is 237 g/mol. The van der Waals surface area contributed by atoms with Gasteiger partial charge >= 0.3 is 0 Å². The standard InChI is InChI=1S/C11H9BrO/c1-2-9(12)11-7-8-5-3-4-6-10(8)13-11/h2-7,9H,1H2. The van der Waals surface area contributed by atoms with Gasteiger partial charge in [-0.15, -0.1) is 6.58 Å². The molecular formula is C11H9BrO. The molecule has 0 spiro atoms. The van der Waals surface area contributed by atoms with Crippen molar-refractivity contribution in [2.45, 2.75) is 4.83 Å². The molecule has 1 unspecified atom stereocenters. The maximum atomic E-state index is 5.60. The second-order valence-corrected chi connectivity index (χ2v) is 3.81. The van der Waals surface area contributed by atoms with Gasteiger partial charge in [0.25, 0.3) is 0 Å². The van der Waals surface area contributed by atoms with Gasteiger partial charge in [0.1, 0.15) is 11.3 Å². The van der Waals surface area contributed by atoms with E-state index in [4.69, 9.17) is 4.42 Å². The van der Waals surface area contributed by atoms with Gasteiger partial charge in [0.2, 0.25) is 0 Å². The van der Waals surface area contributed by atoms with E-state index in [0.29, 0.717) is 0 Å². The Hall–Kier alpha value is -1.02. The minimum atomic E-state index is 0.0971. The van der Waals surface area contributed by atoms with Gasteiger partial charge in [-0.25, -0.2) is 0 Å². The topological polar surface area (TPSA) is 13.1 Å². The third kappa shape index (κ3) is 1.54. The Kier molecular flexibility index (Phi) is 2.23. The maximum Gasteiger partial charge on any atom is 0.134 e. The fourth-order valence-electron chi connectivity index (χ4n) is 1.25. The lowest BCUT2D eigenvalue weighted by atomic mass is 10.2. The molecule has 0 radical (unpaired) electrons. The Morgan fingerprint density at radius 1 is 1.38 bits per heavy atom. The number of furan rings is 1. The number of halogens is 1. The van der Waals surface area contributed by atoms with E-state index in [0.717, 1.165) is 16.7 Å². The molecule has 2 aromatic rings. The van der Waals surface area contributed by atoms with E-state index in [1.54, 1.807) is 6.08 Å². The molecule has 1 aromatic heterocycles. The van der Waals surface area contributed by atoms with Crippen molar-refractivity contribution in [3.05, 3.63) is 48.7 Å². The molecular weight excluding hydrogens is 228 g/mol. The monoisotopic (exact) mass is 236 g/mol. The van der Waals surface area contributed by atoms with Crippen molar-refractivity contribution in [1.29, 1.82) is 0 Å². The lowest BCUT2D eigenvalue weighted by Crippen LogP contribution is -1.77. The number of hydrogen-bond acceptors (Lipinski definition) is 1. The average Bonchev–Trinajstić information content (AvgIpc) is 2.59. The molecule has 0 saturated heterocycles. The number of benzene rings is 1. The summed E-state index contributed by atoms with van der Waals surface area (Å²) in [7, 11) is 0. The summed E-state index contributed by atoms with van der Waals surface area (Å²) in [6.45, 7) is 3.70. The number of alkyl halides is 1. The van der Waals surface area contributed by atoms with Gasteiger partial charge in [-0.2, -0.15) is 0 Å². The van der Waals surface area contributed by atoms with Crippen LogP contribution in [0.1, 0.15) is 10.6 Å². The summed E-state index contributed by atoms with van der Waals surface area (Å²) in [6, 6.07) is 9.98. The zero-order valence-electron chi connectivity index (χ0n) is 7.03. The Bertz CT molecular complexity index is 397. The summed E-state index contributed by atoms with van der Waals surface area (Å²) in [4.78, 5) is 0.0971. The van der Waals surface area contributed by atoms with Gasteiger partial charge in [0, 0.05) is 5.39 Å². The molecule has 0 aliphatic heterocycles. The van der Waals surface area contributed by atoms with E-state index in [1.165, 1.54) is 0 Å². The highest BCUT2D eigenvalue weighted by Crippen LogP contribution is 2.29. The first-order valence-corrected chi connectivity index (χ1v) is 4.98. The van der Waals surface area contributed by atoms with Gasteiger partial charge in [-0.3, -0.25) is 0 Å². The predicted octanol–water partition coefficient (Wildman–Crippen LogP) is 4.05. The highest BCUT2D eigenvalue weighted by molar-refractivity contribution is 9.09. The molecule has 1 atom stereocenters. The molecule has 0 fully saturated rings.